The van der Waals surface area contributed by atoms with Gasteiger partial charge in [-0.3, -0.25) is 15.1 Å². The maximum absolute atomic E-state index is 13.7. The third-order valence-corrected chi connectivity index (χ3v) is 5.27. The van der Waals surface area contributed by atoms with Crippen LogP contribution in [-0.2, 0) is 21.8 Å². The van der Waals surface area contributed by atoms with Crippen molar-refractivity contribution in [3.05, 3.63) is 103 Å². The van der Waals surface area contributed by atoms with E-state index >= 15 is 0 Å². The Labute approximate surface area is 176 Å². The number of anilines is 2. The number of benzene rings is 3. The number of para-hydroxylation sites is 2. The van der Waals surface area contributed by atoms with Crippen molar-refractivity contribution in [2.75, 3.05) is 17.5 Å². The highest BCUT2D eigenvalue weighted by Gasteiger charge is 2.52. The van der Waals surface area contributed by atoms with E-state index < -0.39 is 5.60 Å². The number of hydrogen-bond donors (Lipinski definition) is 1. The minimum Gasteiger partial charge on any atom is -0.497 e. The molecule has 1 aliphatic heterocycles. The molecule has 0 bridgehead atoms. The zero-order valence-corrected chi connectivity index (χ0v) is 16.9. The van der Waals surface area contributed by atoms with Gasteiger partial charge in [0.2, 0.25) is 5.60 Å². The highest BCUT2D eigenvalue weighted by Crippen LogP contribution is 2.45. The van der Waals surface area contributed by atoms with E-state index in [1.54, 1.807) is 18.1 Å². The fourth-order valence-electron chi connectivity index (χ4n) is 3.76. The molecule has 1 N–H and O–H groups in total. The van der Waals surface area contributed by atoms with Crippen LogP contribution in [0.3, 0.4) is 0 Å². The van der Waals surface area contributed by atoms with Crippen LogP contribution in [-0.4, -0.2) is 13.0 Å². The number of rotatable bonds is 8. The molecule has 30 heavy (non-hydrogen) atoms. The first-order valence-electron chi connectivity index (χ1n) is 9.82. The Balaban J connectivity index is 1.68. The maximum atomic E-state index is 13.7. The molecule has 1 amide bonds. The third-order valence-electron chi connectivity index (χ3n) is 5.27. The van der Waals surface area contributed by atoms with Gasteiger partial charge >= 0.3 is 0 Å². The van der Waals surface area contributed by atoms with Crippen LogP contribution in [0.5, 0.6) is 5.75 Å². The molecular weight excluding hydrogens is 376 g/mol. The standard InChI is InChI=1S/C25H24N2O3/c1-3-17-25(30-26-20-9-5-4-6-10-20)22-11-7-8-12-23(22)27(24(25)28)18-19-13-15-21(29-2)16-14-19/h3-16,26H,1,17-18H2,2H3/t25-/m1/s1. The number of nitrogens with zero attached hydrogens (tertiary/aromatic N) is 1. The highest BCUT2D eigenvalue weighted by molar-refractivity contribution is 6.07. The quantitative estimate of drug-likeness (QED) is 0.424. The van der Waals surface area contributed by atoms with Gasteiger partial charge in [0.25, 0.3) is 5.91 Å². The lowest BCUT2D eigenvalue weighted by Gasteiger charge is -2.28. The number of ether oxygens (including phenoxy) is 1. The van der Waals surface area contributed by atoms with Gasteiger partial charge in [0, 0.05) is 12.0 Å². The molecule has 4 rings (SSSR count). The summed E-state index contributed by atoms with van der Waals surface area (Å²) in [6.45, 7) is 4.31. The molecule has 0 aliphatic carbocycles. The number of fused-ring (bicyclic) bond motifs is 1. The first-order valence-corrected chi connectivity index (χ1v) is 9.82. The molecule has 0 unspecified atom stereocenters. The number of carbonyl (C=O) groups is 1. The molecule has 5 heteroatoms. The second-order valence-corrected chi connectivity index (χ2v) is 7.15. The molecule has 1 atom stereocenters. The second-order valence-electron chi connectivity index (χ2n) is 7.15. The fraction of sp³-hybridized carbons (Fsp3) is 0.160. The topological polar surface area (TPSA) is 50.8 Å². The highest BCUT2D eigenvalue weighted by atomic mass is 16.7. The van der Waals surface area contributed by atoms with Crippen LogP contribution in [0.2, 0.25) is 0 Å². The summed E-state index contributed by atoms with van der Waals surface area (Å²) in [5.74, 6) is 0.658. The van der Waals surface area contributed by atoms with Gasteiger partial charge in [0.05, 0.1) is 25.0 Å². The van der Waals surface area contributed by atoms with Crippen molar-refractivity contribution in [3.63, 3.8) is 0 Å². The van der Waals surface area contributed by atoms with E-state index in [1.165, 1.54) is 0 Å². The third kappa shape index (κ3) is 3.55. The minimum atomic E-state index is -1.18. The number of carbonyl (C=O) groups excluding carboxylic acids is 1. The van der Waals surface area contributed by atoms with Gasteiger partial charge < -0.3 is 9.64 Å². The molecular formula is C25H24N2O3. The van der Waals surface area contributed by atoms with E-state index in [0.29, 0.717) is 13.0 Å². The van der Waals surface area contributed by atoms with Gasteiger partial charge in [-0.2, -0.15) is 0 Å². The van der Waals surface area contributed by atoms with Crippen molar-refractivity contribution in [1.29, 1.82) is 0 Å². The average Bonchev–Trinajstić information content (AvgIpc) is 3.02. The summed E-state index contributed by atoms with van der Waals surface area (Å²) in [7, 11) is 1.63. The smallest absolute Gasteiger partial charge is 0.267 e. The Hall–Kier alpha value is -3.57. The fourth-order valence-corrected chi connectivity index (χ4v) is 3.76. The van der Waals surface area contributed by atoms with Crippen LogP contribution >= 0.6 is 0 Å². The van der Waals surface area contributed by atoms with E-state index in [2.05, 4.69) is 12.1 Å². The van der Waals surface area contributed by atoms with Crippen molar-refractivity contribution >= 4 is 17.3 Å². The zero-order chi connectivity index (χ0) is 21.0. The van der Waals surface area contributed by atoms with Crippen molar-refractivity contribution in [2.24, 2.45) is 0 Å². The lowest BCUT2D eigenvalue weighted by molar-refractivity contribution is -0.139. The molecule has 0 saturated heterocycles. The van der Waals surface area contributed by atoms with Crippen LogP contribution in [0.25, 0.3) is 0 Å². The van der Waals surface area contributed by atoms with E-state index in [0.717, 1.165) is 28.3 Å². The van der Waals surface area contributed by atoms with Gasteiger partial charge in [-0.1, -0.05) is 54.6 Å². The first kappa shape index (κ1) is 19.7. The molecule has 5 nitrogen and oxygen atoms in total. The van der Waals surface area contributed by atoms with Crippen molar-refractivity contribution in [2.45, 2.75) is 18.6 Å². The molecule has 0 spiro atoms. The van der Waals surface area contributed by atoms with Crippen LogP contribution in [0.1, 0.15) is 17.5 Å². The lowest BCUT2D eigenvalue weighted by atomic mass is 9.92. The Morgan fingerprint density at radius 3 is 2.40 bits per heavy atom. The summed E-state index contributed by atoms with van der Waals surface area (Å²) in [6.07, 6.45) is 2.07. The maximum Gasteiger partial charge on any atom is 0.267 e. The van der Waals surface area contributed by atoms with E-state index in [1.807, 2.05) is 78.9 Å². The zero-order valence-electron chi connectivity index (χ0n) is 16.9. The van der Waals surface area contributed by atoms with E-state index in [9.17, 15) is 4.79 Å². The minimum absolute atomic E-state index is 0.122. The Morgan fingerprint density at radius 1 is 1.00 bits per heavy atom. The molecule has 1 aliphatic rings. The monoisotopic (exact) mass is 400 g/mol. The predicted octanol–water partition coefficient (Wildman–Crippen LogP) is 5.06. The Bertz CT molecular complexity index is 1030. The number of amides is 1. The Kier molecular flexibility index (Phi) is 5.55. The van der Waals surface area contributed by atoms with Crippen molar-refractivity contribution in [1.82, 2.24) is 0 Å². The van der Waals surface area contributed by atoms with Gasteiger partial charge in [0.1, 0.15) is 5.75 Å². The van der Waals surface area contributed by atoms with Crippen LogP contribution < -0.4 is 15.1 Å². The Morgan fingerprint density at radius 2 is 1.70 bits per heavy atom. The van der Waals surface area contributed by atoms with E-state index in [4.69, 9.17) is 9.57 Å². The molecule has 0 fully saturated rings. The first-order chi connectivity index (χ1) is 14.7. The van der Waals surface area contributed by atoms with Gasteiger partial charge in [-0.25, -0.2) is 0 Å². The van der Waals surface area contributed by atoms with E-state index in [-0.39, 0.29) is 5.91 Å². The van der Waals surface area contributed by atoms with Crippen LogP contribution in [0, 0.1) is 0 Å². The number of nitrogens with one attached hydrogen (secondary N) is 1. The molecule has 152 valence electrons. The van der Waals surface area contributed by atoms with Gasteiger partial charge in [-0.15, -0.1) is 6.58 Å². The summed E-state index contributed by atoms with van der Waals surface area (Å²) in [5, 5.41) is 0. The summed E-state index contributed by atoms with van der Waals surface area (Å²) < 4.78 is 5.24. The molecule has 0 radical (unpaired) electrons. The van der Waals surface area contributed by atoms with Crippen molar-refractivity contribution in [3.8, 4) is 5.75 Å². The SMILES string of the molecule is C=CC[C@]1(ONc2ccccc2)C(=O)N(Cc2ccc(OC)cc2)c2ccccc21. The van der Waals surface area contributed by atoms with Crippen LogP contribution in [0.15, 0.2) is 91.5 Å². The predicted molar refractivity (Wildman–Crippen MR) is 118 cm³/mol. The number of hydrogen-bond acceptors (Lipinski definition) is 4. The van der Waals surface area contributed by atoms with Gasteiger partial charge in [0.15, 0.2) is 0 Å². The summed E-state index contributed by atoms with van der Waals surface area (Å²) in [6, 6.07) is 25.0. The molecule has 0 aromatic heterocycles. The normalized spacial score (nSPS) is 17.5. The molecule has 3 aromatic rings. The summed E-state index contributed by atoms with van der Waals surface area (Å²) >= 11 is 0. The second kappa shape index (κ2) is 8.43. The van der Waals surface area contributed by atoms with Crippen molar-refractivity contribution < 1.29 is 14.4 Å². The lowest BCUT2D eigenvalue weighted by Crippen LogP contribution is -2.43. The largest absolute Gasteiger partial charge is 0.497 e. The summed E-state index contributed by atoms with van der Waals surface area (Å²) in [5.41, 5.74) is 5.24. The molecule has 1 heterocycles. The molecule has 3 aromatic carbocycles. The summed E-state index contributed by atoms with van der Waals surface area (Å²) in [4.78, 5) is 21.6. The number of methoxy groups -OCH3 is 1. The molecule has 0 saturated carbocycles. The van der Waals surface area contributed by atoms with Gasteiger partial charge in [-0.05, 0) is 35.9 Å². The average molecular weight is 400 g/mol. The van der Waals surface area contributed by atoms with Crippen LogP contribution in [0.4, 0.5) is 11.4 Å².